The lowest BCUT2D eigenvalue weighted by molar-refractivity contribution is -0.116. The van der Waals surface area contributed by atoms with Crippen LogP contribution in [0.3, 0.4) is 0 Å². The number of carbonyl (C=O) groups excluding carboxylic acids is 2. The van der Waals surface area contributed by atoms with Gasteiger partial charge in [-0.1, -0.05) is 42.5 Å². The minimum atomic E-state index is -0.405. The summed E-state index contributed by atoms with van der Waals surface area (Å²) in [6.45, 7) is 3.31. The van der Waals surface area contributed by atoms with Crippen LogP contribution in [0.5, 0.6) is 17.2 Å². The van der Waals surface area contributed by atoms with Gasteiger partial charge in [-0.15, -0.1) is 0 Å². The Labute approximate surface area is 245 Å². The molecule has 9 nitrogen and oxygen atoms in total. The van der Waals surface area contributed by atoms with E-state index in [1.165, 1.54) is 18.4 Å². The lowest BCUT2D eigenvalue weighted by Gasteiger charge is -2.39. The first-order valence-corrected chi connectivity index (χ1v) is 14.4. The fourth-order valence-corrected chi connectivity index (χ4v) is 5.14. The molecule has 1 saturated carbocycles. The van der Waals surface area contributed by atoms with Gasteiger partial charge in [0.25, 0.3) is 5.91 Å². The van der Waals surface area contributed by atoms with E-state index < -0.39 is 6.09 Å². The summed E-state index contributed by atoms with van der Waals surface area (Å²) < 4.78 is 22.8. The molecule has 0 bridgehead atoms. The van der Waals surface area contributed by atoms with Crippen molar-refractivity contribution in [2.45, 2.75) is 31.4 Å². The van der Waals surface area contributed by atoms with E-state index in [4.69, 9.17) is 18.9 Å². The highest BCUT2D eigenvalue weighted by atomic mass is 16.5. The quantitative estimate of drug-likeness (QED) is 0.333. The average molecular weight is 570 g/mol. The monoisotopic (exact) mass is 569 g/mol. The molecule has 3 aromatic rings. The number of nitrogens with one attached hydrogen (secondary N) is 1. The van der Waals surface area contributed by atoms with Gasteiger partial charge in [0.05, 0.1) is 13.2 Å². The second kappa shape index (κ2) is 12.6. The molecule has 0 spiro atoms. The molecule has 2 heterocycles. The van der Waals surface area contributed by atoms with Gasteiger partial charge in [0.1, 0.15) is 19.0 Å². The van der Waals surface area contributed by atoms with Gasteiger partial charge in [-0.2, -0.15) is 0 Å². The summed E-state index contributed by atoms with van der Waals surface area (Å²) in [6, 6.07) is 23.2. The van der Waals surface area contributed by atoms with Gasteiger partial charge in [0.15, 0.2) is 17.3 Å². The van der Waals surface area contributed by atoms with E-state index in [0.29, 0.717) is 54.3 Å². The van der Waals surface area contributed by atoms with E-state index in [0.717, 1.165) is 18.7 Å². The molecule has 1 N–H and O–H groups in total. The highest BCUT2D eigenvalue weighted by molar-refractivity contribution is 6.07. The van der Waals surface area contributed by atoms with E-state index in [1.807, 2.05) is 54.6 Å². The van der Waals surface area contributed by atoms with Gasteiger partial charge in [-0.3, -0.25) is 9.69 Å². The van der Waals surface area contributed by atoms with Crippen molar-refractivity contribution in [2.75, 3.05) is 44.8 Å². The van der Waals surface area contributed by atoms with Crippen LogP contribution in [-0.4, -0.2) is 62.8 Å². The third-order valence-corrected chi connectivity index (χ3v) is 7.69. The van der Waals surface area contributed by atoms with Crippen LogP contribution in [0.15, 0.2) is 84.6 Å². The summed E-state index contributed by atoms with van der Waals surface area (Å²) in [5, 5.41) is 2.90. The first-order chi connectivity index (χ1) is 20.6. The molecule has 0 unspecified atom stereocenters. The molecule has 3 aliphatic rings. The van der Waals surface area contributed by atoms with Gasteiger partial charge in [0.2, 0.25) is 0 Å². The first-order valence-electron chi connectivity index (χ1n) is 14.4. The van der Waals surface area contributed by atoms with Crippen molar-refractivity contribution in [1.82, 2.24) is 10.2 Å². The normalized spacial score (nSPS) is 16.9. The van der Waals surface area contributed by atoms with Crippen LogP contribution in [0.2, 0.25) is 0 Å². The van der Waals surface area contributed by atoms with E-state index in [9.17, 15) is 9.59 Å². The summed E-state index contributed by atoms with van der Waals surface area (Å²) in [4.78, 5) is 29.0. The van der Waals surface area contributed by atoms with Crippen molar-refractivity contribution < 1.29 is 28.5 Å². The highest BCUT2D eigenvalue weighted by Crippen LogP contribution is 2.40. The summed E-state index contributed by atoms with van der Waals surface area (Å²) >= 11 is 0. The van der Waals surface area contributed by atoms with Gasteiger partial charge in [-0.05, 0) is 60.2 Å². The van der Waals surface area contributed by atoms with Crippen LogP contribution in [0.4, 0.5) is 10.5 Å². The fraction of sp³-hybridized carbons (Fsp3) is 0.333. The summed E-state index contributed by atoms with van der Waals surface area (Å²) in [7, 11) is 1.58. The number of hydrogen-bond donors (Lipinski definition) is 1. The number of rotatable bonds is 12. The molecule has 2 aliphatic heterocycles. The number of nitrogens with zero attached hydrogens (tertiary/aromatic N) is 2. The maximum atomic E-state index is 13.1. The maximum Gasteiger partial charge on any atom is 0.407 e. The van der Waals surface area contributed by atoms with Crippen molar-refractivity contribution in [2.24, 2.45) is 0 Å². The average Bonchev–Trinajstić information content (AvgIpc) is 3.79. The molecule has 6 rings (SSSR count). The molecule has 0 radical (unpaired) electrons. The Morgan fingerprint density at radius 2 is 1.76 bits per heavy atom. The predicted octanol–water partition coefficient (Wildman–Crippen LogP) is 4.87. The Balaban J connectivity index is 0.929. The van der Waals surface area contributed by atoms with Crippen LogP contribution < -0.4 is 24.4 Å². The fourth-order valence-electron chi connectivity index (χ4n) is 5.14. The van der Waals surface area contributed by atoms with Gasteiger partial charge >= 0.3 is 6.09 Å². The van der Waals surface area contributed by atoms with Crippen molar-refractivity contribution in [3.63, 3.8) is 0 Å². The summed E-state index contributed by atoms with van der Waals surface area (Å²) in [5.41, 5.74) is 2.99. The zero-order chi connectivity index (χ0) is 28.9. The molecule has 0 atom stereocenters. The molecule has 9 heteroatoms. The Kier molecular flexibility index (Phi) is 8.28. The second-order valence-corrected chi connectivity index (χ2v) is 10.8. The van der Waals surface area contributed by atoms with Gasteiger partial charge < -0.3 is 29.2 Å². The summed E-state index contributed by atoms with van der Waals surface area (Å²) in [5.74, 6) is 2.62. The lowest BCUT2D eigenvalue weighted by Crippen LogP contribution is -2.59. The Morgan fingerprint density at radius 3 is 2.50 bits per heavy atom. The second-order valence-electron chi connectivity index (χ2n) is 10.8. The Morgan fingerprint density at radius 1 is 0.976 bits per heavy atom. The molecule has 0 aromatic heterocycles. The van der Waals surface area contributed by atoms with Crippen molar-refractivity contribution >= 4 is 17.7 Å². The maximum absolute atomic E-state index is 13.1. The van der Waals surface area contributed by atoms with Crippen LogP contribution in [0, 0.1) is 0 Å². The number of ether oxygens (including phenoxy) is 4. The number of amides is 2. The van der Waals surface area contributed by atoms with E-state index in [1.54, 1.807) is 24.2 Å². The molecule has 3 aromatic carbocycles. The van der Waals surface area contributed by atoms with Crippen LogP contribution in [0.1, 0.15) is 29.9 Å². The summed E-state index contributed by atoms with van der Waals surface area (Å²) in [6.07, 6.45) is 3.89. The van der Waals surface area contributed by atoms with Crippen molar-refractivity contribution in [3.8, 4) is 17.2 Å². The smallest absolute Gasteiger partial charge is 0.407 e. The molecule has 1 aliphatic carbocycles. The number of alkyl carbamates (subject to hydrolysis) is 1. The topological polar surface area (TPSA) is 89.6 Å². The molecular weight excluding hydrogens is 534 g/mol. The van der Waals surface area contributed by atoms with Crippen LogP contribution in [-0.2, 0) is 16.1 Å². The molecule has 218 valence electrons. The number of anilines is 1. The SMILES string of the molecule is COc1cc(N2CC=C(Oc3ccc(C4CC4)cc3)C2=O)ccc1OCCN1CC(NC(=O)OCc2ccccc2)C1. The number of methoxy groups -OCH3 is 1. The van der Waals surface area contributed by atoms with Crippen molar-refractivity contribution in [3.05, 3.63) is 95.8 Å². The molecule has 2 fully saturated rings. The van der Waals surface area contributed by atoms with Gasteiger partial charge in [-0.25, -0.2) is 4.79 Å². The molecule has 2 amide bonds. The number of likely N-dealkylation sites (tertiary alicyclic amines) is 1. The Bertz CT molecular complexity index is 1430. The van der Waals surface area contributed by atoms with Crippen LogP contribution in [0.25, 0.3) is 0 Å². The number of benzene rings is 3. The lowest BCUT2D eigenvalue weighted by atomic mass is 10.1. The third kappa shape index (κ3) is 6.69. The van der Waals surface area contributed by atoms with E-state index >= 15 is 0 Å². The predicted molar refractivity (Wildman–Crippen MR) is 158 cm³/mol. The number of hydrogen-bond acceptors (Lipinski definition) is 7. The zero-order valence-corrected chi connectivity index (χ0v) is 23.7. The molecule has 1 saturated heterocycles. The van der Waals surface area contributed by atoms with E-state index in [-0.39, 0.29) is 18.6 Å². The minimum Gasteiger partial charge on any atom is -0.493 e. The standard InChI is InChI=1S/C33H35N3O6/c1-39-31-19-27(36-16-15-30(32(36)37)42-28-12-9-25(10-13-28)24-7-8-24)11-14-29(31)40-18-17-35-20-26(21-35)34-33(38)41-22-23-5-3-2-4-6-23/h2-6,9-15,19,24,26H,7-8,16-18,20-22H2,1H3,(H,34,38). The number of carbonyl (C=O) groups is 2. The largest absolute Gasteiger partial charge is 0.493 e. The zero-order valence-electron chi connectivity index (χ0n) is 23.7. The van der Waals surface area contributed by atoms with E-state index in [2.05, 4.69) is 22.3 Å². The van der Waals surface area contributed by atoms with Crippen LogP contribution >= 0.6 is 0 Å². The Hall–Kier alpha value is -4.50. The van der Waals surface area contributed by atoms with Gasteiger partial charge in [0, 0.05) is 37.9 Å². The highest BCUT2D eigenvalue weighted by Gasteiger charge is 2.30. The third-order valence-electron chi connectivity index (χ3n) is 7.69. The first kappa shape index (κ1) is 27.7. The molecule has 42 heavy (non-hydrogen) atoms. The minimum absolute atomic E-state index is 0.0599. The molecular formula is C33H35N3O6. The van der Waals surface area contributed by atoms with Crippen molar-refractivity contribution in [1.29, 1.82) is 0 Å².